The zero-order valence-corrected chi connectivity index (χ0v) is 14.8. The molecule has 3 aromatic heterocycles. The third kappa shape index (κ3) is 3.94. The quantitative estimate of drug-likeness (QED) is 0.682. The maximum atomic E-state index is 13.7. The Balaban J connectivity index is 1.69. The fraction of sp³-hybridized carbons (Fsp3) is 0.286. The first-order valence-corrected chi connectivity index (χ1v) is 8.99. The lowest BCUT2D eigenvalue weighted by Gasteiger charge is -2.23. The lowest BCUT2D eigenvalue weighted by Crippen LogP contribution is -2.26. The third-order valence-corrected chi connectivity index (χ3v) is 4.93. The highest BCUT2D eigenvalue weighted by Gasteiger charge is 2.39. The Labute approximate surface area is 156 Å². The summed E-state index contributed by atoms with van der Waals surface area (Å²) >= 11 is 0. The van der Waals surface area contributed by atoms with Crippen LogP contribution < -0.4 is 4.90 Å². The van der Waals surface area contributed by atoms with Crippen LogP contribution in [0.25, 0.3) is 0 Å². The maximum absolute atomic E-state index is 13.7. The van der Waals surface area contributed by atoms with Crippen LogP contribution in [0.2, 0.25) is 0 Å². The summed E-state index contributed by atoms with van der Waals surface area (Å²) in [6, 6.07) is 11.7. The summed E-state index contributed by atoms with van der Waals surface area (Å²) in [5.41, 5.74) is 3.08. The van der Waals surface area contributed by atoms with E-state index in [0.29, 0.717) is 18.8 Å². The molecule has 138 valence electrons. The van der Waals surface area contributed by atoms with Crippen molar-refractivity contribution in [3.05, 3.63) is 84.1 Å². The van der Waals surface area contributed by atoms with Gasteiger partial charge in [-0.1, -0.05) is 18.2 Å². The van der Waals surface area contributed by atoms with Gasteiger partial charge in [0, 0.05) is 49.9 Å². The summed E-state index contributed by atoms with van der Waals surface area (Å²) in [6.45, 7) is 0.0446. The molecule has 0 atom stereocenters. The predicted octanol–water partition coefficient (Wildman–Crippen LogP) is 4.09. The van der Waals surface area contributed by atoms with Gasteiger partial charge < -0.3 is 4.90 Å². The molecule has 0 bridgehead atoms. The average Bonchev–Trinajstić information content (AvgIpc) is 3.07. The van der Waals surface area contributed by atoms with E-state index in [1.807, 2.05) is 48.8 Å². The molecule has 0 saturated carbocycles. The number of nitrogens with zero attached hydrogens (tertiary/aromatic N) is 4. The second-order valence-corrected chi connectivity index (χ2v) is 6.84. The Morgan fingerprint density at radius 1 is 0.963 bits per heavy atom. The van der Waals surface area contributed by atoms with Crippen molar-refractivity contribution in [3.63, 3.8) is 0 Å². The molecule has 0 unspecified atom stereocenters. The predicted molar refractivity (Wildman–Crippen MR) is 100 cm³/mol. The van der Waals surface area contributed by atoms with E-state index in [4.69, 9.17) is 0 Å². The van der Waals surface area contributed by atoms with Gasteiger partial charge in [0.05, 0.1) is 6.54 Å². The zero-order chi connectivity index (χ0) is 18.7. The van der Waals surface area contributed by atoms with Crippen LogP contribution in [0.4, 0.5) is 14.6 Å². The first-order valence-electron chi connectivity index (χ1n) is 8.99. The van der Waals surface area contributed by atoms with Crippen LogP contribution >= 0.6 is 0 Å². The molecule has 1 aliphatic heterocycles. The summed E-state index contributed by atoms with van der Waals surface area (Å²) in [5.74, 6) is -1.98. The summed E-state index contributed by atoms with van der Waals surface area (Å²) in [5, 5.41) is 0. The molecule has 4 rings (SSSR count). The fourth-order valence-corrected chi connectivity index (χ4v) is 3.60. The standard InChI is InChI=1S/C21H20F2N4/c22-21(23)7-11-27(15-21)20-16(4-3-10-26-20)12-19(17-5-1-8-24-13-17)18-6-2-9-25-14-18/h1-6,8-10,13-14,19H,7,11-12,15H2. The summed E-state index contributed by atoms with van der Waals surface area (Å²) < 4.78 is 27.4. The molecule has 0 spiro atoms. The largest absolute Gasteiger partial charge is 0.350 e. The second kappa shape index (κ2) is 7.39. The highest BCUT2D eigenvalue weighted by atomic mass is 19.3. The Morgan fingerprint density at radius 3 is 2.19 bits per heavy atom. The number of hydrogen-bond donors (Lipinski definition) is 0. The Bertz CT molecular complexity index is 847. The smallest absolute Gasteiger partial charge is 0.266 e. The fourth-order valence-electron chi connectivity index (χ4n) is 3.60. The summed E-state index contributed by atoms with van der Waals surface area (Å²) in [4.78, 5) is 14.6. The average molecular weight is 366 g/mol. The number of rotatable bonds is 5. The van der Waals surface area contributed by atoms with Gasteiger partial charge >= 0.3 is 0 Å². The van der Waals surface area contributed by atoms with E-state index >= 15 is 0 Å². The molecule has 0 radical (unpaired) electrons. The highest BCUT2D eigenvalue weighted by molar-refractivity contribution is 5.50. The van der Waals surface area contributed by atoms with Gasteiger partial charge in [0.1, 0.15) is 5.82 Å². The second-order valence-electron chi connectivity index (χ2n) is 6.84. The topological polar surface area (TPSA) is 41.9 Å². The number of hydrogen-bond acceptors (Lipinski definition) is 4. The number of anilines is 1. The van der Waals surface area contributed by atoms with Gasteiger partial charge in [0.2, 0.25) is 0 Å². The van der Waals surface area contributed by atoms with Gasteiger partial charge in [-0.15, -0.1) is 0 Å². The van der Waals surface area contributed by atoms with Crippen LogP contribution in [0.1, 0.15) is 29.0 Å². The normalized spacial score (nSPS) is 16.0. The molecular formula is C21H20F2N4. The van der Waals surface area contributed by atoms with E-state index in [-0.39, 0.29) is 18.9 Å². The van der Waals surface area contributed by atoms with Gasteiger partial charge in [-0.2, -0.15) is 0 Å². The van der Waals surface area contributed by atoms with Crippen molar-refractivity contribution in [1.29, 1.82) is 0 Å². The number of alkyl halides is 2. The molecule has 27 heavy (non-hydrogen) atoms. The molecule has 6 heteroatoms. The Kier molecular flexibility index (Phi) is 4.79. The van der Waals surface area contributed by atoms with E-state index in [9.17, 15) is 8.78 Å². The Hall–Kier alpha value is -2.89. The summed E-state index contributed by atoms with van der Waals surface area (Å²) in [7, 11) is 0. The van der Waals surface area contributed by atoms with Crippen molar-refractivity contribution in [2.24, 2.45) is 0 Å². The zero-order valence-electron chi connectivity index (χ0n) is 14.8. The van der Waals surface area contributed by atoms with Crippen LogP contribution in [0, 0.1) is 0 Å². The highest BCUT2D eigenvalue weighted by Crippen LogP contribution is 2.34. The van der Waals surface area contributed by atoms with Crippen LogP contribution in [-0.2, 0) is 6.42 Å². The van der Waals surface area contributed by atoms with E-state index in [0.717, 1.165) is 16.7 Å². The van der Waals surface area contributed by atoms with Crippen molar-refractivity contribution < 1.29 is 8.78 Å². The van der Waals surface area contributed by atoms with Crippen LogP contribution in [0.5, 0.6) is 0 Å². The minimum Gasteiger partial charge on any atom is -0.350 e. The van der Waals surface area contributed by atoms with Crippen LogP contribution in [0.3, 0.4) is 0 Å². The van der Waals surface area contributed by atoms with Gasteiger partial charge in [-0.3, -0.25) is 9.97 Å². The number of halogens is 2. The number of pyridine rings is 3. The van der Waals surface area contributed by atoms with E-state index in [2.05, 4.69) is 15.0 Å². The Morgan fingerprint density at radius 2 is 1.63 bits per heavy atom. The van der Waals surface area contributed by atoms with Crippen LogP contribution in [0.15, 0.2) is 67.4 Å². The molecule has 1 fully saturated rings. The molecule has 4 heterocycles. The van der Waals surface area contributed by atoms with Crippen LogP contribution in [-0.4, -0.2) is 34.0 Å². The van der Waals surface area contributed by atoms with E-state index in [1.54, 1.807) is 23.5 Å². The third-order valence-electron chi connectivity index (χ3n) is 4.93. The van der Waals surface area contributed by atoms with Gasteiger partial charge in [-0.25, -0.2) is 13.8 Å². The van der Waals surface area contributed by atoms with Crippen molar-refractivity contribution in [3.8, 4) is 0 Å². The first-order chi connectivity index (χ1) is 13.1. The lowest BCUT2D eigenvalue weighted by atomic mass is 9.87. The van der Waals surface area contributed by atoms with Crippen molar-refractivity contribution >= 4 is 5.82 Å². The molecule has 3 aromatic rings. The molecular weight excluding hydrogens is 346 g/mol. The molecule has 0 amide bonds. The van der Waals surface area contributed by atoms with Gasteiger partial charge in [-0.05, 0) is 41.3 Å². The SMILES string of the molecule is FC1(F)CCN(c2ncccc2CC(c2cccnc2)c2cccnc2)C1. The molecule has 4 nitrogen and oxygen atoms in total. The van der Waals surface area contributed by atoms with Crippen molar-refractivity contribution in [2.45, 2.75) is 24.7 Å². The van der Waals surface area contributed by atoms with Gasteiger partial charge in [0.15, 0.2) is 0 Å². The minimum atomic E-state index is -2.65. The lowest BCUT2D eigenvalue weighted by molar-refractivity contribution is 0.0256. The molecule has 1 aliphatic rings. The van der Waals surface area contributed by atoms with Crippen molar-refractivity contribution in [2.75, 3.05) is 18.0 Å². The van der Waals surface area contributed by atoms with Crippen molar-refractivity contribution in [1.82, 2.24) is 15.0 Å². The maximum Gasteiger partial charge on any atom is 0.266 e. The molecule has 0 N–H and O–H groups in total. The molecule has 0 aromatic carbocycles. The minimum absolute atomic E-state index is 0.0264. The van der Waals surface area contributed by atoms with Gasteiger partial charge in [0.25, 0.3) is 5.92 Å². The number of aromatic nitrogens is 3. The molecule has 0 aliphatic carbocycles. The molecule has 1 saturated heterocycles. The summed E-state index contributed by atoms with van der Waals surface area (Å²) in [6.07, 6.45) is 9.35. The monoisotopic (exact) mass is 366 g/mol. The first kappa shape index (κ1) is 17.5. The van der Waals surface area contributed by atoms with E-state index < -0.39 is 5.92 Å². The van der Waals surface area contributed by atoms with E-state index in [1.165, 1.54) is 0 Å².